The van der Waals surface area contributed by atoms with Gasteiger partial charge in [-0.25, -0.2) is 0 Å². The molecular weight excluding hydrogens is 616 g/mol. The minimum absolute atomic E-state index is 0.0682. The average Bonchev–Trinajstić information content (AvgIpc) is 3.02. The zero-order valence-electron chi connectivity index (χ0n) is 23.6. The highest BCUT2D eigenvalue weighted by molar-refractivity contribution is 9.08. The molecule has 0 aromatic heterocycles. The van der Waals surface area contributed by atoms with E-state index in [9.17, 15) is 0 Å². The first-order valence-electron chi connectivity index (χ1n) is 14.3. The first-order valence-corrected chi connectivity index (χ1v) is 16.5. The largest absolute Gasteiger partial charge is 0.103 e. The molecule has 0 nitrogen and oxygen atoms in total. The summed E-state index contributed by atoms with van der Waals surface area (Å²) in [5, 5.41) is 1.73. The van der Waals surface area contributed by atoms with Crippen molar-refractivity contribution in [3.8, 4) is 0 Å². The van der Waals surface area contributed by atoms with Gasteiger partial charge in [0.05, 0.1) is 0 Å². The molecule has 0 saturated carbocycles. The molecule has 0 spiro atoms. The molecule has 2 heteroatoms. The summed E-state index contributed by atoms with van der Waals surface area (Å²) in [7, 11) is 0. The van der Waals surface area contributed by atoms with Crippen molar-refractivity contribution in [2.75, 3.05) is 0 Å². The van der Waals surface area contributed by atoms with Crippen LogP contribution in [0.3, 0.4) is 0 Å². The number of rotatable bonds is 14. The molecule has 0 saturated heterocycles. The Bertz CT molecular complexity index is 1340. The first kappa shape index (κ1) is 30.3. The molecule has 0 aliphatic rings. The third-order valence-corrected chi connectivity index (χ3v) is 9.38. The van der Waals surface area contributed by atoms with Gasteiger partial charge in [0, 0.05) is 16.1 Å². The summed E-state index contributed by atoms with van der Waals surface area (Å²) < 4.78 is 0. The number of unbranched alkanes of at least 4 members (excludes halogenated alkanes) is 1. The van der Waals surface area contributed by atoms with Crippen molar-refractivity contribution in [2.24, 2.45) is 5.92 Å². The zero-order chi connectivity index (χ0) is 28.4. The second-order valence-electron chi connectivity index (χ2n) is 10.9. The summed E-state index contributed by atoms with van der Waals surface area (Å²) >= 11 is 7.38. The lowest BCUT2D eigenvalue weighted by molar-refractivity contribution is 0.377. The van der Waals surface area contributed by atoms with E-state index in [1.807, 2.05) is 6.07 Å². The lowest BCUT2D eigenvalue weighted by Crippen LogP contribution is -2.30. The number of alkyl halides is 2. The van der Waals surface area contributed by atoms with Crippen LogP contribution in [-0.2, 0) is 22.5 Å². The maximum atomic E-state index is 4.33. The van der Waals surface area contributed by atoms with Crippen LogP contribution in [0.2, 0.25) is 0 Å². The Balaban J connectivity index is 1.55. The van der Waals surface area contributed by atoms with Crippen LogP contribution in [0, 0.1) is 5.92 Å². The molecular formula is C38H40Br2. The third kappa shape index (κ3) is 7.53. The third-order valence-electron chi connectivity index (χ3n) is 8.08. The Morgan fingerprint density at radius 2 is 1.30 bits per heavy atom. The number of hydrogen-bond donors (Lipinski definition) is 0. The summed E-state index contributed by atoms with van der Waals surface area (Å²) in [6.45, 7) is 10.8. The van der Waals surface area contributed by atoms with Gasteiger partial charge in [0.25, 0.3) is 0 Å². The fourth-order valence-electron chi connectivity index (χ4n) is 5.76. The first-order chi connectivity index (χ1) is 19.5. The van der Waals surface area contributed by atoms with Gasteiger partial charge in [0.15, 0.2) is 0 Å². The van der Waals surface area contributed by atoms with Gasteiger partial charge in [-0.05, 0) is 76.1 Å². The summed E-state index contributed by atoms with van der Waals surface area (Å²) in [5.41, 5.74) is 10.2. The smallest absolute Gasteiger partial charge is 0.0283 e. The van der Waals surface area contributed by atoms with E-state index in [0.29, 0.717) is 5.92 Å². The molecule has 4 rings (SSSR count). The molecule has 1 atom stereocenters. The quantitative estimate of drug-likeness (QED) is 0.0720. The van der Waals surface area contributed by atoms with Crippen LogP contribution in [0.15, 0.2) is 122 Å². The highest BCUT2D eigenvalue weighted by Crippen LogP contribution is 2.44. The summed E-state index contributed by atoms with van der Waals surface area (Å²) in [6.07, 6.45) is 7.64. The van der Waals surface area contributed by atoms with Crippen LogP contribution in [0.25, 0.3) is 5.57 Å². The van der Waals surface area contributed by atoms with Crippen LogP contribution in [-0.4, -0.2) is 0 Å². The average molecular weight is 657 g/mol. The number of hydrogen-bond acceptors (Lipinski definition) is 0. The maximum Gasteiger partial charge on any atom is 0.0283 e. The Labute approximate surface area is 258 Å². The van der Waals surface area contributed by atoms with Gasteiger partial charge in [-0.2, -0.15) is 0 Å². The van der Waals surface area contributed by atoms with Crippen molar-refractivity contribution in [3.63, 3.8) is 0 Å². The molecule has 4 aromatic rings. The molecule has 0 aliphatic carbocycles. The van der Waals surface area contributed by atoms with E-state index in [0.717, 1.165) is 48.3 Å². The van der Waals surface area contributed by atoms with E-state index in [1.165, 1.54) is 38.9 Å². The topological polar surface area (TPSA) is 0 Å². The monoisotopic (exact) mass is 654 g/mol. The van der Waals surface area contributed by atoms with Gasteiger partial charge in [-0.3, -0.25) is 0 Å². The Morgan fingerprint density at radius 1 is 0.725 bits per heavy atom. The predicted molar refractivity (Wildman–Crippen MR) is 181 cm³/mol. The lowest BCUT2D eigenvalue weighted by Gasteiger charge is -2.38. The van der Waals surface area contributed by atoms with Gasteiger partial charge >= 0.3 is 0 Å². The SMILES string of the molecule is C=CC(C)CC(CCCCc1ccc(C(=C)c2ccccc2)cc1)(c1cccc(CBr)c1)c1cccc(CBr)c1. The molecule has 0 radical (unpaired) electrons. The van der Waals surface area contributed by atoms with Gasteiger partial charge in [-0.15, -0.1) is 6.58 Å². The lowest BCUT2D eigenvalue weighted by atomic mass is 9.66. The molecule has 206 valence electrons. The van der Waals surface area contributed by atoms with E-state index in [1.54, 1.807) is 0 Å². The van der Waals surface area contributed by atoms with Crippen LogP contribution in [0.5, 0.6) is 0 Å². The molecule has 40 heavy (non-hydrogen) atoms. The molecule has 0 bridgehead atoms. The minimum Gasteiger partial charge on any atom is -0.103 e. The molecule has 0 heterocycles. The van der Waals surface area contributed by atoms with Gasteiger partial charge < -0.3 is 0 Å². The molecule has 0 fully saturated rings. The Morgan fingerprint density at radius 3 is 1.85 bits per heavy atom. The van der Waals surface area contributed by atoms with Crippen molar-refractivity contribution in [1.82, 2.24) is 0 Å². The maximum absolute atomic E-state index is 4.33. The fraction of sp³-hybridized carbons (Fsp3) is 0.263. The predicted octanol–water partition coefficient (Wildman–Crippen LogP) is 11.4. The van der Waals surface area contributed by atoms with Crippen LogP contribution in [0.1, 0.15) is 71.6 Å². The molecule has 4 aromatic carbocycles. The molecule has 0 N–H and O–H groups in total. The van der Waals surface area contributed by atoms with Gasteiger partial charge in [0.2, 0.25) is 0 Å². The Hall–Kier alpha value is -2.68. The number of aryl methyl sites for hydroxylation is 1. The summed E-state index contributed by atoms with van der Waals surface area (Å²) in [6, 6.07) is 37.8. The minimum atomic E-state index is -0.0682. The van der Waals surface area contributed by atoms with Crippen LogP contribution in [0.4, 0.5) is 0 Å². The highest BCUT2D eigenvalue weighted by Gasteiger charge is 2.35. The van der Waals surface area contributed by atoms with Gasteiger partial charge in [0.1, 0.15) is 0 Å². The summed E-state index contributed by atoms with van der Waals surface area (Å²) in [5.74, 6) is 0.408. The van der Waals surface area contributed by atoms with E-state index < -0.39 is 0 Å². The highest BCUT2D eigenvalue weighted by atomic mass is 79.9. The zero-order valence-corrected chi connectivity index (χ0v) is 26.8. The molecule has 0 aliphatic heterocycles. The van der Waals surface area contributed by atoms with E-state index >= 15 is 0 Å². The van der Waals surface area contributed by atoms with Crippen molar-refractivity contribution in [2.45, 2.75) is 55.1 Å². The Kier molecular flexibility index (Phi) is 11.2. The second-order valence-corrected chi connectivity index (χ2v) is 12.0. The van der Waals surface area contributed by atoms with Crippen molar-refractivity contribution < 1.29 is 0 Å². The van der Waals surface area contributed by atoms with Gasteiger partial charge in [-0.1, -0.05) is 161 Å². The van der Waals surface area contributed by atoms with Crippen molar-refractivity contribution in [3.05, 3.63) is 161 Å². The van der Waals surface area contributed by atoms with Crippen molar-refractivity contribution in [1.29, 1.82) is 0 Å². The van der Waals surface area contributed by atoms with Crippen LogP contribution < -0.4 is 0 Å². The fourth-order valence-corrected chi connectivity index (χ4v) is 6.46. The number of allylic oxidation sites excluding steroid dienone is 1. The molecule has 0 amide bonds. The van der Waals surface area contributed by atoms with Crippen molar-refractivity contribution >= 4 is 37.4 Å². The van der Waals surface area contributed by atoms with E-state index in [2.05, 4.69) is 155 Å². The molecule has 1 unspecified atom stereocenters. The van der Waals surface area contributed by atoms with E-state index in [-0.39, 0.29) is 5.41 Å². The number of benzene rings is 4. The van der Waals surface area contributed by atoms with E-state index in [4.69, 9.17) is 0 Å². The summed E-state index contributed by atoms with van der Waals surface area (Å²) in [4.78, 5) is 0. The normalized spacial score (nSPS) is 12.2. The number of halogens is 2. The standard InChI is InChI=1S/C38H40Br2/c1-4-29(2)26-38(36-17-10-13-32(24-36)27-39,37-18-11-14-33(25-37)28-40)23-9-8-12-31-19-21-35(22-20-31)30(3)34-15-6-5-7-16-34/h4-7,10-11,13-22,24-25,29H,1,3,8-9,12,23,26-28H2,2H3. The second kappa shape index (κ2) is 14.8. The van der Waals surface area contributed by atoms with Crippen LogP contribution >= 0.6 is 31.9 Å².